The molecular weight excluding hydrogens is 473 g/mol. The van der Waals surface area contributed by atoms with Gasteiger partial charge >= 0.3 is 5.97 Å². The Labute approximate surface area is 207 Å². The maximum atomic E-state index is 13.1. The molecule has 11 heteroatoms. The molecule has 1 aromatic heterocycles. The van der Waals surface area contributed by atoms with E-state index in [0.29, 0.717) is 25.4 Å². The summed E-state index contributed by atoms with van der Waals surface area (Å²) < 4.78 is 35.3. The number of aromatic nitrogens is 1. The number of ether oxygens (including phenoxy) is 4. The Hall–Kier alpha value is -3.57. The Balaban J connectivity index is 1.25. The summed E-state index contributed by atoms with van der Waals surface area (Å²) in [5.74, 6) is -2.72. The summed E-state index contributed by atoms with van der Waals surface area (Å²) in [4.78, 5) is 42.8. The van der Waals surface area contributed by atoms with E-state index in [-0.39, 0.29) is 45.1 Å². The Morgan fingerprint density at radius 3 is 2.69 bits per heavy atom. The van der Waals surface area contributed by atoms with Gasteiger partial charge in [0.1, 0.15) is 18.4 Å². The van der Waals surface area contributed by atoms with Gasteiger partial charge in [-0.3, -0.25) is 9.59 Å². The minimum absolute atomic E-state index is 0.0726. The van der Waals surface area contributed by atoms with Crippen LogP contribution in [-0.2, 0) is 35.2 Å². The first kappa shape index (κ1) is 25.5. The fourth-order valence-corrected chi connectivity index (χ4v) is 4.10. The van der Waals surface area contributed by atoms with Crippen LogP contribution >= 0.6 is 0 Å². The van der Waals surface area contributed by atoms with E-state index < -0.39 is 29.7 Å². The smallest absolute Gasteiger partial charge is 0.329 e. The molecule has 0 radical (unpaired) electrons. The SMILES string of the molecule is O=C(CCCOc1ccnc(F)c1)NCC(=O)N1CC2(C[C@H]1C(=O)OCc1ccccc1)OCCO2. The van der Waals surface area contributed by atoms with Gasteiger partial charge in [-0.15, -0.1) is 0 Å². The number of esters is 1. The molecule has 2 amide bonds. The van der Waals surface area contributed by atoms with E-state index in [0.717, 1.165) is 11.6 Å². The fourth-order valence-electron chi connectivity index (χ4n) is 4.10. The molecule has 2 saturated heterocycles. The summed E-state index contributed by atoms with van der Waals surface area (Å²) >= 11 is 0. The number of pyridine rings is 1. The highest BCUT2D eigenvalue weighted by Crippen LogP contribution is 2.35. The van der Waals surface area contributed by atoms with Crippen LogP contribution < -0.4 is 10.1 Å². The summed E-state index contributed by atoms with van der Waals surface area (Å²) in [6, 6.07) is 11.0. The average Bonchev–Trinajstić information content (AvgIpc) is 3.51. The van der Waals surface area contributed by atoms with Crippen molar-refractivity contribution in [2.45, 2.75) is 37.7 Å². The number of carbonyl (C=O) groups is 3. The zero-order valence-electron chi connectivity index (χ0n) is 19.7. The monoisotopic (exact) mass is 501 g/mol. The van der Waals surface area contributed by atoms with Crippen LogP contribution in [0.3, 0.4) is 0 Å². The molecule has 1 aromatic carbocycles. The van der Waals surface area contributed by atoms with Crippen molar-refractivity contribution in [3.05, 3.63) is 60.2 Å². The number of benzene rings is 1. The van der Waals surface area contributed by atoms with Crippen LogP contribution in [0.25, 0.3) is 0 Å². The summed E-state index contributed by atoms with van der Waals surface area (Å²) in [6.07, 6.45) is 1.93. The minimum atomic E-state index is -1.04. The maximum Gasteiger partial charge on any atom is 0.329 e. The molecule has 1 N–H and O–H groups in total. The highest BCUT2D eigenvalue weighted by molar-refractivity contribution is 5.89. The van der Waals surface area contributed by atoms with Crippen molar-refractivity contribution >= 4 is 17.8 Å². The van der Waals surface area contributed by atoms with Gasteiger partial charge < -0.3 is 29.2 Å². The third-order valence-corrected chi connectivity index (χ3v) is 5.87. The molecule has 3 heterocycles. The molecular formula is C25H28FN3O7. The number of likely N-dealkylation sites (tertiary alicyclic amines) is 1. The van der Waals surface area contributed by atoms with E-state index in [2.05, 4.69) is 10.3 Å². The Morgan fingerprint density at radius 1 is 1.17 bits per heavy atom. The number of carbonyl (C=O) groups excluding carboxylic acids is 3. The lowest BCUT2D eigenvalue weighted by Gasteiger charge is -2.24. The van der Waals surface area contributed by atoms with Gasteiger partial charge in [0.15, 0.2) is 5.79 Å². The molecule has 192 valence electrons. The summed E-state index contributed by atoms with van der Waals surface area (Å²) in [7, 11) is 0. The molecule has 0 saturated carbocycles. The van der Waals surface area contributed by atoms with Crippen molar-refractivity contribution < 1.29 is 37.7 Å². The number of amides is 2. The van der Waals surface area contributed by atoms with Crippen LogP contribution in [-0.4, -0.2) is 72.4 Å². The van der Waals surface area contributed by atoms with Crippen molar-refractivity contribution in [1.82, 2.24) is 15.2 Å². The molecule has 1 atom stereocenters. The fraction of sp³-hybridized carbons (Fsp3) is 0.440. The first-order valence-electron chi connectivity index (χ1n) is 11.7. The predicted molar refractivity (Wildman–Crippen MR) is 123 cm³/mol. The van der Waals surface area contributed by atoms with Gasteiger partial charge in [-0.25, -0.2) is 9.78 Å². The van der Waals surface area contributed by atoms with Crippen molar-refractivity contribution in [3.63, 3.8) is 0 Å². The van der Waals surface area contributed by atoms with Gasteiger partial charge in [-0.2, -0.15) is 4.39 Å². The molecule has 2 aliphatic heterocycles. The number of nitrogens with zero attached hydrogens (tertiary/aromatic N) is 2. The van der Waals surface area contributed by atoms with E-state index in [1.165, 1.54) is 17.2 Å². The molecule has 36 heavy (non-hydrogen) atoms. The number of nitrogens with one attached hydrogen (secondary N) is 1. The zero-order valence-corrected chi connectivity index (χ0v) is 19.7. The molecule has 2 fully saturated rings. The number of rotatable bonds is 10. The van der Waals surface area contributed by atoms with Crippen molar-refractivity contribution in [1.29, 1.82) is 0 Å². The molecule has 0 bridgehead atoms. The summed E-state index contributed by atoms with van der Waals surface area (Å²) in [6.45, 7) is 0.815. The number of hydrogen-bond donors (Lipinski definition) is 1. The first-order chi connectivity index (χ1) is 17.4. The molecule has 0 unspecified atom stereocenters. The van der Waals surface area contributed by atoms with E-state index in [1.807, 2.05) is 30.3 Å². The second-order valence-electron chi connectivity index (χ2n) is 8.49. The largest absolute Gasteiger partial charge is 0.493 e. The first-order valence-corrected chi connectivity index (χ1v) is 11.7. The Morgan fingerprint density at radius 2 is 1.94 bits per heavy atom. The lowest BCUT2D eigenvalue weighted by Crippen LogP contribution is -2.46. The maximum absolute atomic E-state index is 13.1. The average molecular weight is 502 g/mol. The van der Waals surface area contributed by atoms with Gasteiger partial charge in [0.05, 0.1) is 32.9 Å². The lowest BCUT2D eigenvalue weighted by atomic mass is 10.1. The van der Waals surface area contributed by atoms with Crippen LogP contribution in [0.4, 0.5) is 4.39 Å². The molecule has 4 rings (SSSR count). The van der Waals surface area contributed by atoms with Crippen LogP contribution in [0.1, 0.15) is 24.8 Å². The van der Waals surface area contributed by atoms with Crippen molar-refractivity contribution in [2.24, 2.45) is 0 Å². The van der Waals surface area contributed by atoms with Crippen molar-refractivity contribution in [2.75, 3.05) is 32.9 Å². The Kier molecular flexibility index (Phi) is 8.44. The minimum Gasteiger partial charge on any atom is -0.493 e. The standard InChI is InChI=1S/C25H28FN3O7/c26-21-13-19(8-9-27-21)33-10-4-7-22(30)28-15-23(31)29-17-25(35-11-12-36-25)14-20(29)24(32)34-16-18-5-2-1-3-6-18/h1-3,5-6,8-9,13,20H,4,7,10-12,14-17H2,(H,28,30)/t20-/m0/s1. The second-order valence-corrected chi connectivity index (χ2v) is 8.49. The van der Waals surface area contributed by atoms with Gasteiger partial charge in [0, 0.05) is 25.1 Å². The lowest BCUT2D eigenvalue weighted by molar-refractivity contribution is -0.155. The van der Waals surface area contributed by atoms with E-state index in [1.54, 1.807) is 0 Å². The van der Waals surface area contributed by atoms with Crippen LogP contribution in [0.5, 0.6) is 5.75 Å². The molecule has 10 nitrogen and oxygen atoms in total. The van der Waals surface area contributed by atoms with Crippen LogP contribution in [0, 0.1) is 5.95 Å². The quantitative estimate of drug-likeness (QED) is 0.296. The second kappa shape index (κ2) is 11.9. The number of hydrogen-bond acceptors (Lipinski definition) is 8. The summed E-state index contributed by atoms with van der Waals surface area (Å²) in [5.41, 5.74) is 0.829. The number of halogens is 1. The topological polar surface area (TPSA) is 116 Å². The van der Waals surface area contributed by atoms with Crippen LogP contribution in [0.2, 0.25) is 0 Å². The summed E-state index contributed by atoms with van der Waals surface area (Å²) in [5, 5.41) is 2.57. The normalized spacial score (nSPS) is 18.2. The molecule has 2 aromatic rings. The highest BCUT2D eigenvalue weighted by atomic mass is 19.1. The van der Waals surface area contributed by atoms with E-state index >= 15 is 0 Å². The van der Waals surface area contributed by atoms with Gasteiger partial charge in [0.2, 0.25) is 17.8 Å². The van der Waals surface area contributed by atoms with E-state index in [9.17, 15) is 18.8 Å². The Bertz CT molecular complexity index is 1060. The molecule has 2 aliphatic rings. The van der Waals surface area contributed by atoms with Gasteiger partial charge in [-0.05, 0) is 18.1 Å². The molecule has 0 aliphatic carbocycles. The zero-order chi connectivity index (χ0) is 25.4. The highest BCUT2D eigenvalue weighted by Gasteiger charge is 2.53. The molecule has 1 spiro atoms. The van der Waals surface area contributed by atoms with E-state index in [4.69, 9.17) is 18.9 Å². The predicted octanol–water partition coefficient (Wildman–Crippen LogP) is 1.58. The van der Waals surface area contributed by atoms with Gasteiger partial charge in [0.25, 0.3) is 0 Å². The third kappa shape index (κ3) is 6.76. The van der Waals surface area contributed by atoms with Gasteiger partial charge in [-0.1, -0.05) is 30.3 Å². The van der Waals surface area contributed by atoms with Crippen LogP contribution in [0.15, 0.2) is 48.7 Å². The van der Waals surface area contributed by atoms with Crippen molar-refractivity contribution in [3.8, 4) is 5.75 Å². The third-order valence-electron chi connectivity index (χ3n) is 5.87.